The molecule has 13 heteroatoms. The van der Waals surface area contributed by atoms with Crippen molar-refractivity contribution in [1.82, 2.24) is 59.6 Å². The van der Waals surface area contributed by atoms with E-state index in [4.69, 9.17) is 5.73 Å². The first-order valence-electron chi connectivity index (χ1n) is 60.0. The second-order valence-corrected chi connectivity index (χ2v) is 66.2. The summed E-state index contributed by atoms with van der Waals surface area (Å²) in [6.45, 7) is 123. The topological polar surface area (TPSA) is 82.5 Å². The fraction of sp³-hybridized carbons (Fsp3) is 1.00. The average Bonchev–Trinajstić information content (AvgIpc) is 1.58. The van der Waals surface area contributed by atoms with Crippen LogP contribution in [0.4, 0.5) is 0 Å². The van der Waals surface area contributed by atoms with Gasteiger partial charge in [0.15, 0.2) is 0 Å². The van der Waals surface area contributed by atoms with Gasteiger partial charge >= 0.3 is 0 Å². The van der Waals surface area contributed by atoms with Gasteiger partial charge < -0.3 is 50.7 Å². The second kappa shape index (κ2) is 51.2. The third-order valence-electron chi connectivity index (χ3n) is 44.6. The molecule has 0 aromatic rings. The van der Waals surface area contributed by atoms with Crippen LogP contribution in [-0.2, 0) is 0 Å². The van der Waals surface area contributed by atoms with E-state index >= 15 is 0 Å². The van der Waals surface area contributed by atoms with Crippen molar-refractivity contribution in [3.8, 4) is 0 Å². The Hall–Kier alpha value is -0.520. The molecule has 0 aromatic heterocycles. The highest BCUT2D eigenvalue weighted by Crippen LogP contribution is 2.61. The van der Waals surface area contributed by atoms with Crippen LogP contribution in [0.15, 0.2) is 0 Å². The highest BCUT2D eigenvalue weighted by molar-refractivity contribution is 5.17. The van der Waals surface area contributed by atoms with E-state index in [1.165, 1.54) is 238 Å². The van der Waals surface area contributed by atoms with Gasteiger partial charge in [-0.3, -0.25) is 14.7 Å². The smallest absolute Gasteiger partial charge is 0.0261 e. The third kappa shape index (κ3) is 34.3. The van der Waals surface area contributed by atoms with E-state index in [0.717, 1.165) is 30.0 Å². The van der Waals surface area contributed by atoms with Gasteiger partial charge in [0.25, 0.3) is 0 Å². The number of nitrogens with zero attached hydrogens (tertiary/aromatic N) is 10. The number of piperidine rings is 6. The highest BCUT2D eigenvalue weighted by atomic mass is 15.3. The van der Waals surface area contributed by atoms with Crippen molar-refractivity contribution >= 4 is 0 Å². The minimum Gasteiger partial charge on any atom is -0.325 e. The van der Waals surface area contributed by atoms with Crippen molar-refractivity contribution in [3.05, 3.63) is 0 Å². The maximum Gasteiger partial charge on any atom is 0.0261 e. The fourth-order valence-corrected chi connectivity index (χ4v) is 28.5. The van der Waals surface area contributed by atoms with Crippen molar-refractivity contribution in [3.63, 3.8) is 0 Å². The molecule has 4 N–H and O–H groups in total. The van der Waals surface area contributed by atoms with Gasteiger partial charge in [0.05, 0.1) is 0 Å². The number of likely N-dealkylation sites (tertiary alicyclic amines) is 4. The zero-order valence-electron chi connectivity index (χ0n) is 110. The van der Waals surface area contributed by atoms with E-state index in [9.17, 15) is 0 Å². The van der Waals surface area contributed by atoms with Crippen molar-refractivity contribution in [2.45, 2.75) is 617 Å². The summed E-state index contributed by atoms with van der Waals surface area (Å²) in [5.41, 5.74) is 15.7. The molecule has 0 spiro atoms. The molecular formula is C130H271N13. The van der Waals surface area contributed by atoms with Crippen LogP contribution < -0.4 is 16.4 Å². The first kappa shape index (κ1) is 139. The van der Waals surface area contributed by atoms with Crippen molar-refractivity contribution < 1.29 is 0 Å². The Kier molecular flexibility index (Phi) is 49.6. The Balaban J connectivity index is 0.000000525. The summed E-state index contributed by atoms with van der Waals surface area (Å²) in [5.74, 6) is 2.80. The third-order valence-corrected chi connectivity index (χ3v) is 44.6. The Morgan fingerprint density at radius 1 is 0.329 bits per heavy atom. The number of nitrogens with two attached hydrogens (primary N) is 1. The molecule has 856 valence electrons. The van der Waals surface area contributed by atoms with E-state index in [2.05, 4.69) is 470 Å². The standard InChI is InChI=1S/C13H25N.2C11H21N.2C11H23N.C10H19N.2C10H21N.2C9H19N.2C9H21N.C7H17N/c1-12(2,3)13-9-5-7-11(14(13)4)8-6-10-13;1-10(2,3)11-7-5-9(6-8-11)12(11)4;1-10(2,3)11-7-9(8-11)5-6-12(11)4;1-10(2,3)11(12(4)5)8-6-7-9-11;1-10(2,3)11(4)8-6-7-9-12(11)5;1-9(2,3)10-5-8(6-10)7-11(10)4;1-9(2,3)10(4)7-6-8-11(10)5;1-10(2,3)9-7-5-6-8-11(9)4;1-8(2,3)9(4)6-7-10(9)5;1-8(2,3)9(4)6-5-7-10-9;1-8(2,3)9(4,5)10(6)7;1-7(2)8(10-6)9(3,4)5;1-6(2,3)7(4,5)8/h11H,5-10H2,1-4H3;2*9H,5-8H2,1-4H3;2*6-9H2,1-5H3;8H,5-7H2,1-4H3;6-8H2,1-5H3;9H,5-8H2,1-4H3;6-7H2,1-5H3;10H,5-7H2,1-4H3;1-7H3;7-8,10H,1-6H3;8H2,1-5H3. The molecule has 13 nitrogen and oxygen atoms in total. The lowest BCUT2D eigenvalue weighted by Gasteiger charge is -2.64. The predicted octanol–water partition coefficient (Wildman–Crippen LogP) is 32.3. The molecule has 0 radical (unpaired) electrons. The Morgan fingerprint density at radius 2 is 0.692 bits per heavy atom. The number of fused-ring (bicyclic) bond motifs is 7. The zero-order chi connectivity index (χ0) is 112. The summed E-state index contributed by atoms with van der Waals surface area (Å²) in [6.07, 6.45) is 42.3. The fourth-order valence-electron chi connectivity index (χ4n) is 28.5. The predicted molar refractivity (Wildman–Crippen MR) is 644 cm³/mol. The van der Waals surface area contributed by atoms with E-state index in [-0.39, 0.29) is 16.5 Å². The van der Waals surface area contributed by atoms with Crippen molar-refractivity contribution in [2.75, 3.05) is 137 Å². The van der Waals surface area contributed by atoms with Crippen LogP contribution in [0.1, 0.15) is 532 Å². The largest absolute Gasteiger partial charge is 0.325 e. The Morgan fingerprint density at radius 3 is 0.874 bits per heavy atom. The van der Waals surface area contributed by atoms with E-state index < -0.39 is 0 Å². The van der Waals surface area contributed by atoms with Gasteiger partial charge in [-0.2, -0.15) is 0 Å². The van der Waals surface area contributed by atoms with E-state index in [1.54, 1.807) is 0 Å². The van der Waals surface area contributed by atoms with Crippen LogP contribution in [0.3, 0.4) is 0 Å². The SMILES string of the molecule is CC(C)(C)C(C)(C)N.CC(C)(C)C1(C)CCCN1.CN(C)C(C)(C)C(C)(C)C.CN(C)C1(C(C)(C)C)CCCC1.CN1C2CCC1(C(C)(C)C)CC2.CN1C2CCCC1(C(C)(C)C)CCC2.CN1CC2CC1(C(C)(C)C)C2.CN1CCC1(C)C(C)(C)C.CN1CCC2CC1(C(C)(C)C)C2.CN1CCCC1(C)C(C)(C)C.CN1CCCCC1(C)C(C)(C)C.CN1CCCCC1C(C)(C)C.CNC(C(C)C)C(C)(C)C. The molecule has 13 saturated heterocycles. The minimum absolute atomic E-state index is 0.0625. The monoisotopic (exact) mass is 2020 g/mol. The maximum atomic E-state index is 5.81. The molecule has 16 aliphatic rings. The first-order valence-corrected chi connectivity index (χ1v) is 60.0. The van der Waals surface area contributed by atoms with E-state index in [0.29, 0.717) is 127 Å². The summed E-state index contributed by atoms with van der Waals surface area (Å²) in [4.78, 5) is 25.3. The number of rotatable bonds is 4. The minimum atomic E-state index is -0.0625. The number of nitrogens with one attached hydrogen (secondary N) is 2. The highest BCUT2D eigenvalue weighted by Gasteiger charge is 2.62. The number of hydrogen-bond acceptors (Lipinski definition) is 13. The Bertz CT molecular complexity index is 3430. The quantitative estimate of drug-likeness (QED) is 0.250. The van der Waals surface area contributed by atoms with Gasteiger partial charge in [-0.25, -0.2) is 0 Å². The molecule has 3 aliphatic carbocycles. The first-order chi connectivity index (χ1) is 63.7. The van der Waals surface area contributed by atoms with Gasteiger partial charge in [-0.1, -0.05) is 322 Å². The molecule has 6 unspecified atom stereocenters. The molecule has 13 heterocycles. The van der Waals surface area contributed by atoms with Crippen LogP contribution in [0, 0.1) is 88.1 Å². The molecule has 6 atom stereocenters. The van der Waals surface area contributed by atoms with Crippen LogP contribution >= 0.6 is 0 Å². The summed E-state index contributed by atoms with van der Waals surface area (Å²) < 4.78 is 0. The molecule has 13 aliphatic heterocycles. The summed E-state index contributed by atoms with van der Waals surface area (Å²) in [5, 5.41) is 6.91. The lowest BCUT2D eigenvalue weighted by Crippen LogP contribution is -2.67. The van der Waals surface area contributed by atoms with Crippen molar-refractivity contribution in [1.29, 1.82) is 0 Å². The molecule has 16 rings (SSSR count). The summed E-state index contributed by atoms with van der Waals surface area (Å²) in [7, 11) is 29.1. The molecule has 0 amide bonds. The average molecular weight is 2020 g/mol. The maximum absolute atomic E-state index is 5.81. The molecule has 16 fully saturated rings. The number of hydrogen-bond donors (Lipinski definition) is 3. The molecular weight excluding hydrogens is 1740 g/mol. The van der Waals surface area contributed by atoms with E-state index in [1.807, 2.05) is 20.9 Å². The van der Waals surface area contributed by atoms with Crippen LogP contribution in [-0.4, -0.2) is 272 Å². The van der Waals surface area contributed by atoms with Gasteiger partial charge in [-0.05, 0) is 422 Å². The molecule has 143 heavy (non-hydrogen) atoms. The van der Waals surface area contributed by atoms with Crippen LogP contribution in [0.25, 0.3) is 0 Å². The van der Waals surface area contributed by atoms with Crippen LogP contribution in [0.5, 0.6) is 0 Å². The van der Waals surface area contributed by atoms with Gasteiger partial charge in [0, 0.05) is 98.2 Å². The zero-order valence-corrected chi connectivity index (χ0v) is 110. The van der Waals surface area contributed by atoms with Gasteiger partial charge in [0.1, 0.15) is 0 Å². The summed E-state index contributed by atoms with van der Waals surface area (Å²) >= 11 is 0. The van der Waals surface area contributed by atoms with Crippen molar-refractivity contribution in [2.24, 2.45) is 93.9 Å². The molecule has 8 bridgehead atoms. The normalized spacial score (nSPS) is 32.0. The molecule has 0 aromatic carbocycles. The van der Waals surface area contributed by atoms with Crippen LogP contribution in [0.2, 0.25) is 0 Å². The summed E-state index contributed by atoms with van der Waals surface area (Å²) in [6, 6.07) is 3.21. The lowest BCUT2D eigenvalue weighted by molar-refractivity contribution is -0.128. The van der Waals surface area contributed by atoms with Gasteiger partial charge in [0.2, 0.25) is 0 Å². The lowest BCUT2D eigenvalue weighted by atomic mass is 9.53. The van der Waals surface area contributed by atoms with Gasteiger partial charge in [-0.15, -0.1) is 0 Å². The Labute approximate surface area is 902 Å². The second-order valence-electron chi connectivity index (χ2n) is 66.2. The molecule has 3 saturated carbocycles.